The lowest BCUT2D eigenvalue weighted by atomic mass is 10.1. The van der Waals surface area contributed by atoms with E-state index < -0.39 is 0 Å². The van der Waals surface area contributed by atoms with Gasteiger partial charge in [-0.2, -0.15) is 5.10 Å². The van der Waals surface area contributed by atoms with Gasteiger partial charge in [-0.15, -0.1) is 0 Å². The van der Waals surface area contributed by atoms with E-state index in [0.717, 1.165) is 30.6 Å². The molecule has 0 aliphatic heterocycles. The zero-order valence-corrected chi connectivity index (χ0v) is 13.0. The molecule has 2 aromatic rings. The first kappa shape index (κ1) is 14.1. The van der Waals surface area contributed by atoms with Crippen LogP contribution in [0.15, 0.2) is 24.3 Å². The van der Waals surface area contributed by atoms with Gasteiger partial charge in [0.2, 0.25) is 0 Å². The number of nitrogens with zero attached hydrogens (tertiary/aromatic N) is 2. The predicted octanol–water partition coefficient (Wildman–Crippen LogP) is 2.81. The van der Waals surface area contributed by atoms with E-state index in [-0.39, 0.29) is 0 Å². The number of benzene rings is 1. The van der Waals surface area contributed by atoms with Crippen LogP contribution in [-0.4, -0.2) is 22.9 Å². The molecule has 1 aliphatic rings. The van der Waals surface area contributed by atoms with Gasteiger partial charge in [-0.3, -0.25) is 4.68 Å². The highest BCUT2D eigenvalue weighted by molar-refractivity contribution is 5.37. The number of rotatable bonds is 6. The standard InChI is InChI=1S/C17H23N3O/c1-12-8-13(2)20(19-12)11-15-9-14(4-7-17(15)21-3)10-18-16-5-6-16/h4,7-9,16,18H,5-6,10-11H2,1-3H3. The average molecular weight is 285 g/mol. The van der Waals surface area contributed by atoms with Crippen LogP contribution in [0.5, 0.6) is 5.75 Å². The van der Waals surface area contributed by atoms with Crippen molar-refractivity contribution >= 4 is 0 Å². The summed E-state index contributed by atoms with van der Waals surface area (Å²) >= 11 is 0. The largest absolute Gasteiger partial charge is 0.496 e. The lowest BCUT2D eigenvalue weighted by Gasteiger charge is -2.12. The molecular weight excluding hydrogens is 262 g/mol. The molecular formula is C17H23N3O. The van der Waals surface area contributed by atoms with E-state index in [4.69, 9.17) is 4.74 Å². The minimum atomic E-state index is 0.728. The van der Waals surface area contributed by atoms with Crippen molar-refractivity contribution in [1.82, 2.24) is 15.1 Å². The molecule has 3 rings (SSSR count). The minimum absolute atomic E-state index is 0.728. The number of ether oxygens (including phenoxy) is 1. The monoisotopic (exact) mass is 285 g/mol. The third-order valence-electron chi connectivity index (χ3n) is 3.94. The summed E-state index contributed by atoms with van der Waals surface area (Å²) in [6.45, 7) is 5.79. The Morgan fingerprint density at radius 1 is 1.29 bits per heavy atom. The molecule has 0 saturated heterocycles. The van der Waals surface area contributed by atoms with Crippen molar-refractivity contribution in [2.45, 2.75) is 45.8 Å². The van der Waals surface area contributed by atoms with E-state index in [9.17, 15) is 0 Å². The second kappa shape index (κ2) is 5.90. The first-order valence-electron chi connectivity index (χ1n) is 7.56. The van der Waals surface area contributed by atoms with Gasteiger partial charge in [0, 0.05) is 23.8 Å². The Morgan fingerprint density at radius 2 is 2.10 bits per heavy atom. The second-order valence-electron chi connectivity index (χ2n) is 5.89. The van der Waals surface area contributed by atoms with Gasteiger partial charge >= 0.3 is 0 Å². The van der Waals surface area contributed by atoms with Crippen LogP contribution in [0.4, 0.5) is 0 Å². The molecule has 4 heteroatoms. The highest BCUT2D eigenvalue weighted by Gasteiger charge is 2.20. The summed E-state index contributed by atoms with van der Waals surface area (Å²) in [5, 5.41) is 8.09. The molecule has 1 aromatic heterocycles. The van der Waals surface area contributed by atoms with E-state index in [1.807, 2.05) is 11.6 Å². The van der Waals surface area contributed by atoms with Crippen LogP contribution in [0, 0.1) is 13.8 Å². The number of nitrogens with one attached hydrogen (secondary N) is 1. The molecule has 0 unspecified atom stereocenters. The molecule has 4 nitrogen and oxygen atoms in total. The van der Waals surface area contributed by atoms with Gasteiger partial charge in [0.15, 0.2) is 0 Å². The van der Waals surface area contributed by atoms with Crippen molar-refractivity contribution in [3.05, 3.63) is 46.8 Å². The third-order valence-corrected chi connectivity index (χ3v) is 3.94. The van der Waals surface area contributed by atoms with Crippen molar-refractivity contribution in [1.29, 1.82) is 0 Å². The maximum Gasteiger partial charge on any atom is 0.123 e. The lowest BCUT2D eigenvalue weighted by Crippen LogP contribution is -2.15. The van der Waals surface area contributed by atoms with Gasteiger partial charge in [0.1, 0.15) is 5.75 Å². The van der Waals surface area contributed by atoms with Gasteiger partial charge in [0.05, 0.1) is 19.3 Å². The van der Waals surface area contributed by atoms with Crippen LogP contribution in [0.2, 0.25) is 0 Å². The van der Waals surface area contributed by atoms with Crippen molar-refractivity contribution in [3.63, 3.8) is 0 Å². The van der Waals surface area contributed by atoms with Gasteiger partial charge in [-0.25, -0.2) is 0 Å². The highest BCUT2D eigenvalue weighted by atomic mass is 16.5. The Bertz CT molecular complexity index is 629. The summed E-state index contributed by atoms with van der Waals surface area (Å²) in [5.74, 6) is 0.928. The molecule has 1 fully saturated rings. The molecule has 0 amide bonds. The van der Waals surface area contributed by atoms with Crippen molar-refractivity contribution in [2.75, 3.05) is 7.11 Å². The van der Waals surface area contributed by atoms with Crippen molar-refractivity contribution in [3.8, 4) is 5.75 Å². The smallest absolute Gasteiger partial charge is 0.123 e. The third kappa shape index (κ3) is 3.45. The Labute approximate surface area is 126 Å². The molecule has 21 heavy (non-hydrogen) atoms. The van der Waals surface area contributed by atoms with E-state index in [2.05, 4.69) is 41.6 Å². The second-order valence-corrected chi connectivity index (χ2v) is 5.89. The SMILES string of the molecule is COc1ccc(CNC2CC2)cc1Cn1nc(C)cc1C. The minimum Gasteiger partial charge on any atom is -0.496 e. The zero-order valence-electron chi connectivity index (χ0n) is 13.0. The van der Waals surface area contributed by atoms with Crippen molar-refractivity contribution < 1.29 is 4.74 Å². The number of methoxy groups -OCH3 is 1. The molecule has 0 radical (unpaired) electrons. The Morgan fingerprint density at radius 3 is 2.71 bits per heavy atom. The fourth-order valence-corrected chi connectivity index (χ4v) is 2.61. The van der Waals surface area contributed by atoms with Gasteiger partial charge in [-0.05, 0) is 50.5 Å². The van der Waals surface area contributed by atoms with Crippen LogP contribution < -0.4 is 10.1 Å². The topological polar surface area (TPSA) is 39.1 Å². The van der Waals surface area contributed by atoms with Crippen LogP contribution in [0.1, 0.15) is 35.4 Å². The Balaban J connectivity index is 1.80. The average Bonchev–Trinajstić information content (AvgIpc) is 3.23. The fraction of sp³-hybridized carbons (Fsp3) is 0.471. The highest BCUT2D eigenvalue weighted by Crippen LogP contribution is 2.23. The first-order chi connectivity index (χ1) is 10.2. The number of aromatic nitrogens is 2. The fourth-order valence-electron chi connectivity index (χ4n) is 2.61. The molecule has 0 spiro atoms. The first-order valence-corrected chi connectivity index (χ1v) is 7.56. The molecule has 1 saturated carbocycles. The maximum atomic E-state index is 5.50. The summed E-state index contributed by atoms with van der Waals surface area (Å²) < 4.78 is 7.53. The molecule has 1 N–H and O–H groups in total. The molecule has 112 valence electrons. The van der Waals surface area contributed by atoms with Crippen LogP contribution in [-0.2, 0) is 13.1 Å². The summed E-state index contributed by atoms with van der Waals surface area (Å²) in [4.78, 5) is 0. The molecule has 0 atom stereocenters. The van der Waals surface area contributed by atoms with E-state index in [0.29, 0.717) is 0 Å². The number of aryl methyl sites for hydroxylation is 2. The summed E-state index contributed by atoms with van der Waals surface area (Å²) in [7, 11) is 1.72. The molecule has 0 bridgehead atoms. The van der Waals surface area contributed by atoms with E-state index in [1.165, 1.54) is 29.7 Å². The molecule has 1 heterocycles. The number of hydrogen-bond donors (Lipinski definition) is 1. The zero-order chi connectivity index (χ0) is 14.8. The number of hydrogen-bond acceptors (Lipinski definition) is 3. The van der Waals surface area contributed by atoms with Crippen LogP contribution in [0.3, 0.4) is 0 Å². The predicted molar refractivity (Wildman–Crippen MR) is 83.7 cm³/mol. The summed E-state index contributed by atoms with van der Waals surface area (Å²) in [5.41, 5.74) is 4.71. The van der Waals surface area contributed by atoms with Gasteiger partial charge < -0.3 is 10.1 Å². The Hall–Kier alpha value is -1.81. The summed E-state index contributed by atoms with van der Waals surface area (Å²) in [6.07, 6.45) is 2.63. The summed E-state index contributed by atoms with van der Waals surface area (Å²) in [6, 6.07) is 9.26. The lowest BCUT2D eigenvalue weighted by molar-refractivity contribution is 0.406. The van der Waals surface area contributed by atoms with Gasteiger partial charge in [0.25, 0.3) is 0 Å². The molecule has 1 aromatic carbocycles. The normalized spacial score (nSPS) is 14.4. The van der Waals surface area contributed by atoms with Crippen molar-refractivity contribution in [2.24, 2.45) is 0 Å². The Kier molecular flexibility index (Phi) is 3.97. The van der Waals surface area contributed by atoms with Crippen LogP contribution >= 0.6 is 0 Å². The van der Waals surface area contributed by atoms with Crippen LogP contribution in [0.25, 0.3) is 0 Å². The van der Waals surface area contributed by atoms with Gasteiger partial charge in [-0.1, -0.05) is 6.07 Å². The van der Waals surface area contributed by atoms with E-state index >= 15 is 0 Å². The quantitative estimate of drug-likeness (QED) is 0.887. The van der Waals surface area contributed by atoms with E-state index in [1.54, 1.807) is 7.11 Å². The molecule has 1 aliphatic carbocycles. The maximum absolute atomic E-state index is 5.50.